The van der Waals surface area contributed by atoms with Crippen LogP contribution in [0.1, 0.15) is 367 Å². The summed E-state index contributed by atoms with van der Waals surface area (Å²) in [4.78, 5) is 13.4. The molecule has 2 fully saturated rings. The van der Waals surface area contributed by atoms with E-state index < -0.39 is 86.8 Å². The van der Waals surface area contributed by atoms with E-state index in [2.05, 4.69) is 79.9 Å². The highest BCUT2D eigenvalue weighted by molar-refractivity contribution is 5.76. The number of carbonyl (C=O) groups excluding carboxylic acids is 1. The lowest BCUT2D eigenvalue weighted by atomic mass is 9.97. The Morgan fingerprint density at radius 3 is 1.09 bits per heavy atom. The highest BCUT2D eigenvalue weighted by Gasteiger charge is 2.51. The molecular formula is C83H153NO13. The molecule has 9 N–H and O–H groups in total. The highest BCUT2D eigenvalue weighted by atomic mass is 16.7. The van der Waals surface area contributed by atoms with Gasteiger partial charge in [-0.25, -0.2) is 0 Å². The largest absolute Gasteiger partial charge is 0.394 e. The molecule has 0 spiro atoms. The van der Waals surface area contributed by atoms with Gasteiger partial charge in [-0.1, -0.05) is 364 Å². The minimum Gasteiger partial charge on any atom is -0.394 e. The molecule has 0 bridgehead atoms. The lowest BCUT2D eigenvalue weighted by molar-refractivity contribution is -0.359. The van der Waals surface area contributed by atoms with Crippen LogP contribution in [-0.4, -0.2) is 140 Å². The number of ether oxygens (including phenoxy) is 4. The predicted octanol–water partition coefficient (Wildman–Crippen LogP) is 18.7. The monoisotopic (exact) mass is 1370 g/mol. The van der Waals surface area contributed by atoms with E-state index in [1.165, 1.54) is 257 Å². The third-order valence-corrected chi connectivity index (χ3v) is 20.0. The second-order valence-electron chi connectivity index (χ2n) is 28.9. The van der Waals surface area contributed by atoms with E-state index in [0.29, 0.717) is 12.8 Å². The van der Waals surface area contributed by atoms with Crippen LogP contribution in [0.5, 0.6) is 0 Å². The Labute approximate surface area is 594 Å². The summed E-state index contributed by atoms with van der Waals surface area (Å²) in [5.41, 5.74) is 0. The van der Waals surface area contributed by atoms with Crippen LogP contribution in [0, 0.1) is 0 Å². The summed E-state index contributed by atoms with van der Waals surface area (Å²) in [5.74, 6) is -0.202. The fourth-order valence-corrected chi connectivity index (χ4v) is 13.6. The summed E-state index contributed by atoms with van der Waals surface area (Å²) >= 11 is 0. The number of nitrogens with one attached hydrogen (secondary N) is 1. The summed E-state index contributed by atoms with van der Waals surface area (Å²) in [7, 11) is 0. The summed E-state index contributed by atoms with van der Waals surface area (Å²) in [6, 6.07) is -0.833. The number of allylic oxidation sites excluding steroid dienone is 10. The lowest BCUT2D eigenvalue weighted by Crippen LogP contribution is -2.65. The van der Waals surface area contributed by atoms with Crippen LogP contribution >= 0.6 is 0 Å². The minimum atomic E-state index is -1.78. The van der Waals surface area contributed by atoms with E-state index >= 15 is 0 Å². The second-order valence-corrected chi connectivity index (χ2v) is 28.9. The van der Waals surface area contributed by atoms with E-state index in [0.717, 1.165) is 83.5 Å². The van der Waals surface area contributed by atoms with Crippen molar-refractivity contribution in [2.45, 2.75) is 441 Å². The standard InChI is InChI=1S/C83H153NO13/c1-3-5-7-9-11-13-15-17-19-21-23-25-27-29-31-33-35-37-38-40-42-44-46-48-50-52-54-56-58-60-62-64-66-72(87)71(70-94-82-80(93)78(91)81(74(69-86)96-82)97-83-79(92)77(90)76(89)73(68-85)95-83)84-75(88)67-65-63-61-59-57-55-53-51-49-47-45-43-41-39-36-34-32-30-28-26-24-22-20-18-16-14-12-10-8-6-4-2/h6,8,12,14,18,20,24,26,30,32,71-74,76-83,85-87,89-93H,3-5,7,9-11,13,15-17,19,21-23,25,27-29,31,33-70H2,1-2H3,(H,84,88)/b8-6-,14-12-,20-18-,26-24-,32-30-. The van der Waals surface area contributed by atoms with E-state index in [1.54, 1.807) is 0 Å². The van der Waals surface area contributed by atoms with Crippen molar-refractivity contribution in [3.05, 3.63) is 60.8 Å². The van der Waals surface area contributed by atoms with Gasteiger partial charge < -0.3 is 65.1 Å². The maximum atomic E-state index is 13.4. The zero-order chi connectivity index (χ0) is 70.1. The molecule has 1 amide bonds. The Morgan fingerprint density at radius 1 is 0.381 bits per heavy atom. The average molecular weight is 1370 g/mol. The predicted molar refractivity (Wildman–Crippen MR) is 401 cm³/mol. The first kappa shape index (κ1) is 90.8. The van der Waals surface area contributed by atoms with Crippen LogP contribution < -0.4 is 5.32 Å². The Hall–Kier alpha value is -2.31. The lowest BCUT2D eigenvalue weighted by Gasteiger charge is -2.46. The molecule has 12 atom stereocenters. The van der Waals surface area contributed by atoms with Gasteiger partial charge in [-0.3, -0.25) is 4.79 Å². The molecule has 97 heavy (non-hydrogen) atoms. The SMILES string of the molecule is CC/C=C\C/C=C\C/C=C\C/C=C\C/C=C\CCCCCCCCCCCCCCCCCC(=O)NC(COC1OC(CO)C(OC2OC(CO)C(O)C(O)C2O)C(O)C1O)C(O)CCCCCCCCCCCCCCCCCCCCCCCCCCCCCCCCCC. The zero-order valence-corrected chi connectivity index (χ0v) is 62.3. The number of amides is 1. The summed E-state index contributed by atoms with van der Waals surface area (Å²) in [6.07, 6.45) is 74.1. The van der Waals surface area contributed by atoms with Crippen molar-refractivity contribution < 1.29 is 64.6 Å². The number of unbranched alkanes of at least 4 members (excludes halogenated alkanes) is 46. The van der Waals surface area contributed by atoms with Crippen LogP contribution in [0.15, 0.2) is 60.8 Å². The molecule has 2 rings (SSSR count). The molecule has 2 aliphatic rings. The van der Waals surface area contributed by atoms with Gasteiger partial charge in [-0.05, 0) is 57.8 Å². The third kappa shape index (κ3) is 49.9. The van der Waals surface area contributed by atoms with Gasteiger partial charge in [-0.2, -0.15) is 0 Å². The van der Waals surface area contributed by atoms with Crippen LogP contribution in [0.25, 0.3) is 0 Å². The molecule has 2 heterocycles. The topological polar surface area (TPSA) is 228 Å². The summed E-state index contributed by atoms with van der Waals surface area (Å²) < 4.78 is 23.0. The van der Waals surface area contributed by atoms with Gasteiger partial charge in [0, 0.05) is 6.42 Å². The molecule has 14 heteroatoms. The van der Waals surface area contributed by atoms with E-state index in [1.807, 2.05) is 0 Å². The van der Waals surface area contributed by atoms with Crippen molar-refractivity contribution in [1.82, 2.24) is 5.32 Å². The number of hydrogen-bond acceptors (Lipinski definition) is 13. The molecule has 0 aromatic carbocycles. The van der Waals surface area contributed by atoms with Gasteiger partial charge in [0.15, 0.2) is 12.6 Å². The van der Waals surface area contributed by atoms with Crippen molar-refractivity contribution in [1.29, 1.82) is 0 Å². The van der Waals surface area contributed by atoms with E-state index in [-0.39, 0.29) is 12.5 Å². The van der Waals surface area contributed by atoms with Gasteiger partial charge >= 0.3 is 0 Å². The van der Waals surface area contributed by atoms with E-state index in [4.69, 9.17) is 18.9 Å². The molecule has 2 aliphatic heterocycles. The van der Waals surface area contributed by atoms with Crippen molar-refractivity contribution in [2.75, 3.05) is 19.8 Å². The molecule has 2 saturated heterocycles. The van der Waals surface area contributed by atoms with Gasteiger partial charge in [-0.15, -0.1) is 0 Å². The molecule has 0 aromatic rings. The average Bonchev–Trinajstić information content (AvgIpc) is 0.794. The first-order valence-electron chi connectivity index (χ1n) is 41.0. The van der Waals surface area contributed by atoms with Crippen molar-refractivity contribution in [2.24, 2.45) is 0 Å². The number of aliphatic hydroxyl groups is 8. The number of aliphatic hydroxyl groups excluding tert-OH is 8. The first-order valence-corrected chi connectivity index (χ1v) is 41.0. The molecule has 14 nitrogen and oxygen atoms in total. The Bertz CT molecular complexity index is 1860. The quantitative estimate of drug-likeness (QED) is 0.0204. The van der Waals surface area contributed by atoms with Crippen molar-refractivity contribution in [3.63, 3.8) is 0 Å². The fourth-order valence-electron chi connectivity index (χ4n) is 13.6. The third-order valence-electron chi connectivity index (χ3n) is 20.0. The second kappa shape index (κ2) is 66.9. The van der Waals surface area contributed by atoms with Crippen LogP contribution in [0.4, 0.5) is 0 Å². The Kier molecular flexibility index (Phi) is 62.6. The summed E-state index contributed by atoms with van der Waals surface area (Å²) in [6.45, 7) is 2.81. The molecule has 12 unspecified atom stereocenters. The first-order chi connectivity index (χ1) is 47.6. The smallest absolute Gasteiger partial charge is 0.220 e. The Morgan fingerprint density at radius 2 is 0.711 bits per heavy atom. The summed E-state index contributed by atoms with van der Waals surface area (Å²) in [5, 5.41) is 87.9. The number of carbonyl (C=O) groups is 1. The zero-order valence-electron chi connectivity index (χ0n) is 62.3. The van der Waals surface area contributed by atoms with Gasteiger partial charge in [0.1, 0.15) is 48.8 Å². The van der Waals surface area contributed by atoms with Gasteiger partial charge in [0.05, 0.1) is 32.0 Å². The Balaban J connectivity index is 1.60. The molecule has 568 valence electrons. The normalized spacial score (nSPS) is 22.4. The van der Waals surface area contributed by atoms with Crippen molar-refractivity contribution in [3.8, 4) is 0 Å². The maximum Gasteiger partial charge on any atom is 0.220 e. The van der Waals surface area contributed by atoms with Gasteiger partial charge in [0.2, 0.25) is 5.91 Å². The molecule has 0 aliphatic carbocycles. The van der Waals surface area contributed by atoms with Gasteiger partial charge in [0.25, 0.3) is 0 Å². The number of hydrogen-bond donors (Lipinski definition) is 9. The van der Waals surface area contributed by atoms with Crippen LogP contribution in [-0.2, 0) is 23.7 Å². The fraction of sp³-hybridized carbons (Fsp3) is 0.867. The van der Waals surface area contributed by atoms with Crippen molar-refractivity contribution >= 4 is 5.91 Å². The minimum absolute atomic E-state index is 0.202. The highest BCUT2D eigenvalue weighted by Crippen LogP contribution is 2.30. The molecular weight excluding hydrogens is 1220 g/mol. The van der Waals surface area contributed by atoms with Crippen LogP contribution in [0.2, 0.25) is 0 Å². The molecule has 0 saturated carbocycles. The molecule has 0 radical (unpaired) electrons. The molecule has 0 aromatic heterocycles. The van der Waals surface area contributed by atoms with E-state index in [9.17, 15) is 45.6 Å². The van der Waals surface area contributed by atoms with Crippen LogP contribution in [0.3, 0.4) is 0 Å². The number of rotatable bonds is 69. The maximum absolute atomic E-state index is 13.4.